The van der Waals surface area contributed by atoms with Crippen molar-refractivity contribution in [3.8, 4) is 0 Å². The van der Waals surface area contributed by atoms with E-state index in [-0.39, 0.29) is 12.3 Å². The maximum atomic E-state index is 12.3. The Morgan fingerprint density at radius 3 is 1.14 bits per heavy atom. The maximum Gasteiger partial charge on any atom is 0.326 e. The van der Waals surface area contributed by atoms with Gasteiger partial charge in [-0.05, 0) is 12.8 Å². The van der Waals surface area contributed by atoms with Gasteiger partial charge in [-0.1, -0.05) is 6.42 Å². The third kappa shape index (κ3) is 17.5. The van der Waals surface area contributed by atoms with Crippen LogP contribution >= 0.6 is 0 Å². The normalized spacial score (nSPS) is 13.1. The molecule has 0 fully saturated rings. The maximum absolute atomic E-state index is 12.3. The van der Waals surface area contributed by atoms with Crippen LogP contribution in [-0.4, -0.2) is 116 Å². The van der Waals surface area contributed by atoms with Crippen LogP contribution in [0.3, 0.4) is 0 Å². The molecule has 0 aromatic carbocycles. The zero-order valence-corrected chi connectivity index (χ0v) is 23.5. The standard InChI is InChI=1S/C24H35N5O15/c1-11(30)25-6-4-2-3-5-16(31)26-12(21(37)38)7-17(32)27-13(22(39)40)8-18(33)28-14(23(41)42)9-19(34)29-15(24(43)44)10-20(35)36/h12-15H,2-10H2,1H3,(H,25,30)(H,26,31)(H,27,32)(H,28,33)(H,29,34)(H,35,36)(H,37,38)(H,39,40)(H,41,42)(H,43,44)/t12-,13-,14-,15-/m0/s1. The molecule has 0 saturated heterocycles. The summed E-state index contributed by atoms with van der Waals surface area (Å²) in [7, 11) is 0. The van der Waals surface area contributed by atoms with Crippen LogP contribution in [0.2, 0.25) is 0 Å². The number of carbonyl (C=O) groups excluding carboxylic acids is 5. The lowest BCUT2D eigenvalue weighted by Crippen LogP contribution is -2.51. The number of hydrogen-bond donors (Lipinski definition) is 10. The van der Waals surface area contributed by atoms with E-state index in [0.29, 0.717) is 25.8 Å². The van der Waals surface area contributed by atoms with Crippen molar-refractivity contribution in [1.29, 1.82) is 0 Å². The van der Waals surface area contributed by atoms with E-state index in [9.17, 15) is 63.3 Å². The van der Waals surface area contributed by atoms with Crippen LogP contribution in [0.4, 0.5) is 0 Å². The van der Waals surface area contributed by atoms with Crippen molar-refractivity contribution in [2.75, 3.05) is 6.54 Å². The number of carboxylic acids is 5. The van der Waals surface area contributed by atoms with Gasteiger partial charge in [-0.2, -0.15) is 0 Å². The van der Waals surface area contributed by atoms with E-state index in [1.54, 1.807) is 5.32 Å². The quantitative estimate of drug-likeness (QED) is 0.0519. The minimum absolute atomic E-state index is 0.0946. The first-order valence-corrected chi connectivity index (χ1v) is 13.0. The van der Waals surface area contributed by atoms with Gasteiger partial charge < -0.3 is 52.1 Å². The Kier molecular flexibility index (Phi) is 17.4. The summed E-state index contributed by atoms with van der Waals surface area (Å²) in [6.07, 6.45) is -2.73. The van der Waals surface area contributed by atoms with Gasteiger partial charge >= 0.3 is 29.8 Å². The van der Waals surface area contributed by atoms with Gasteiger partial charge in [-0.25, -0.2) is 19.2 Å². The highest BCUT2D eigenvalue weighted by Crippen LogP contribution is 2.04. The van der Waals surface area contributed by atoms with Crippen molar-refractivity contribution in [2.45, 2.75) is 82.5 Å². The summed E-state index contributed by atoms with van der Waals surface area (Å²) in [6.45, 7) is 1.74. The van der Waals surface area contributed by atoms with Gasteiger partial charge in [-0.15, -0.1) is 0 Å². The Labute approximate surface area is 248 Å². The first-order chi connectivity index (χ1) is 20.4. The molecule has 0 spiro atoms. The number of unbranched alkanes of at least 4 members (excludes halogenated alkanes) is 2. The molecule has 5 amide bonds. The predicted octanol–water partition coefficient (Wildman–Crippen LogP) is -3.39. The highest BCUT2D eigenvalue weighted by molar-refractivity contribution is 5.94. The Morgan fingerprint density at radius 1 is 0.477 bits per heavy atom. The summed E-state index contributed by atoms with van der Waals surface area (Å²) in [6, 6.07) is -7.66. The summed E-state index contributed by atoms with van der Waals surface area (Å²) < 4.78 is 0. The van der Waals surface area contributed by atoms with Crippen LogP contribution in [-0.2, 0) is 47.9 Å². The molecule has 4 atom stereocenters. The molecule has 0 aliphatic heterocycles. The van der Waals surface area contributed by atoms with Crippen molar-refractivity contribution in [2.24, 2.45) is 0 Å². The Bertz CT molecular complexity index is 1130. The van der Waals surface area contributed by atoms with Gasteiger partial charge in [-0.3, -0.25) is 28.8 Å². The van der Waals surface area contributed by atoms with Crippen LogP contribution in [0.5, 0.6) is 0 Å². The monoisotopic (exact) mass is 633 g/mol. The molecule has 20 heteroatoms. The number of carboxylic acid groups (broad SMARTS) is 5. The lowest BCUT2D eigenvalue weighted by atomic mass is 10.1. The molecule has 0 saturated carbocycles. The number of hydrogen-bond acceptors (Lipinski definition) is 10. The Hall–Kier alpha value is -5.30. The fourth-order valence-electron chi connectivity index (χ4n) is 3.41. The third-order valence-electron chi connectivity index (χ3n) is 5.54. The molecule has 20 nitrogen and oxygen atoms in total. The SMILES string of the molecule is CC(=O)NCCCCCC(=O)N[C@@H](CC(=O)N[C@@H](CC(=O)N[C@@H](CC(=O)N[C@@H](CC(=O)O)C(=O)O)C(=O)O)C(=O)O)C(=O)O. The summed E-state index contributed by atoms with van der Waals surface area (Å²) in [5, 5.41) is 55.8. The van der Waals surface area contributed by atoms with E-state index >= 15 is 0 Å². The average molecular weight is 634 g/mol. The fourth-order valence-corrected chi connectivity index (χ4v) is 3.41. The molecule has 0 bridgehead atoms. The number of aliphatic carboxylic acids is 5. The molecule has 246 valence electrons. The second-order valence-electron chi connectivity index (χ2n) is 9.34. The highest BCUT2D eigenvalue weighted by Gasteiger charge is 2.31. The minimum atomic E-state index is -2.01. The van der Waals surface area contributed by atoms with Crippen LogP contribution in [0, 0.1) is 0 Å². The zero-order valence-electron chi connectivity index (χ0n) is 23.5. The van der Waals surface area contributed by atoms with E-state index in [1.165, 1.54) is 6.92 Å². The molecule has 10 N–H and O–H groups in total. The van der Waals surface area contributed by atoms with Crippen molar-refractivity contribution >= 4 is 59.4 Å². The first kappa shape index (κ1) is 38.7. The fraction of sp³-hybridized carbons (Fsp3) is 0.583. The molecule has 0 aliphatic rings. The Morgan fingerprint density at radius 2 is 0.818 bits per heavy atom. The van der Waals surface area contributed by atoms with Gasteiger partial charge in [0.05, 0.1) is 25.7 Å². The minimum Gasteiger partial charge on any atom is -0.481 e. The molecule has 0 aliphatic carbocycles. The summed E-state index contributed by atoms with van der Waals surface area (Å²) >= 11 is 0. The zero-order chi connectivity index (χ0) is 34.0. The second-order valence-corrected chi connectivity index (χ2v) is 9.34. The van der Waals surface area contributed by atoms with Crippen LogP contribution in [0.15, 0.2) is 0 Å². The molecule has 0 rings (SSSR count). The van der Waals surface area contributed by atoms with Gasteiger partial charge in [0.15, 0.2) is 0 Å². The van der Waals surface area contributed by atoms with Crippen LogP contribution in [0.25, 0.3) is 0 Å². The highest BCUT2D eigenvalue weighted by atomic mass is 16.4. The van der Waals surface area contributed by atoms with E-state index in [2.05, 4.69) is 10.6 Å². The van der Waals surface area contributed by atoms with Gasteiger partial charge in [0.1, 0.15) is 24.2 Å². The Balaban J connectivity index is 5.06. The smallest absolute Gasteiger partial charge is 0.326 e. The van der Waals surface area contributed by atoms with Crippen LogP contribution < -0.4 is 26.6 Å². The molecular weight excluding hydrogens is 598 g/mol. The predicted molar refractivity (Wildman–Crippen MR) is 142 cm³/mol. The molecular formula is C24H35N5O15. The molecule has 0 radical (unpaired) electrons. The van der Waals surface area contributed by atoms with E-state index < -0.39 is 103 Å². The summed E-state index contributed by atoms with van der Waals surface area (Å²) in [5.74, 6) is -13.1. The van der Waals surface area contributed by atoms with Crippen molar-refractivity contribution in [3.05, 3.63) is 0 Å². The van der Waals surface area contributed by atoms with Gasteiger partial charge in [0, 0.05) is 19.9 Å². The molecule has 0 aromatic rings. The average Bonchev–Trinajstić information content (AvgIpc) is 2.88. The summed E-state index contributed by atoms with van der Waals surface area (Å²) in [5.41, 5.74) is 0. The molecule has 0 aromatic heterocycles. The summed E-state index contributed by atoms with van der Waals surface area (Å²) in [4.78, 5) is 116. The molecule has 0 heterocycles. The number of rotatable bonds is 22. The topological polar surface area (TPSA) is 332 Å². The number of nitrogens with one attached hydrogen (secondary N) is 5. The van der Waals surface area contributed by atoms with E-state index in [1.807, 2.05) is 10.6 Å². The lowest BCUT2D eigenvalue weighted by Gasteiger charge is -2.19. The van der Waals surface area contributed by atoms with Crippen molar-refractivity contribution in [1.82, 2.24) is 26.6 Å². The number of amides is 5. The largest absolute Gasteiger partial charge is 0.481 e. The number of carbonyl (C=O) groups is 10. The van der Waals surface area contributed by atoms with Gasteiger partial charge in [0.2, 0.25) is 29.5 Å². The van der Waals surface area contributed by atoms with E-state index in [0.717, 1.165) is 0 Å². The molecule has 0 unspecified atom stereocenters. The van der Waals surface area contributed by atoms with Crippen molar-refractivity contribution < 1.29 is 73.5 Å². The third-order valence-corrected chi connectivity index (χ3v) is 5.54. The van der Waals surface area contributed by atoms with Crippen LogP contribution in [0.1, 0.15) is 58.3 Å². The molecule has 44 heavy (non-hydrogen) atoms. The second kappa shape index (κ2) is 19.8. The van der Waals surface area contributed by atoms with Crippen molar-refractivity contribution in [3.63, 3.8) is 0 Å². The first-order valence-electron chi connectivity index (χ1n) is 13.0. The lowest BCUT2D eigenvalue weighted by molar-refractivity contribution is -0.148. The van der Waals surface area contributed by atoms with E-state index in [4.69, 9.17) is 10.2 Å². The van der Waals surface area contributed by atoms with Gasteiger partial charge in [0.25, 0.3) is 0 Å².